The molecule has 1 aromatic rings. The fourth-order valence-electron chi connectivity index (χ4n) is 1.81. The molecule has 20 heavy (non-hydrogen) atoms. The van der Waals surface area contributed by atoms with E-state index in [-0.39, 0.29) is 17.5 Å². The lowest BCUT2D eigenvalue weighted by molar-refractivity contribution is -0.142. The maximum Gasteiger partial charge on any atom is 0.326 e. The maximum atomic E-state index is 11.8. The van der Waals surface area contributed by atoms with Gasteiger partial charge in [-0.3, -0.25) is 4.79 Å². The summed E-state index contributed by atoms with van der Waals surface area (Å²) in [7, 11) is 0. The zero-order chi connectivity index (χ0) is 15.1. The van der Waals surface area contributed by atoms with Gasteiger partial charge >= 0.3 is 5.97 Å². The van der Waals surface area contributed by atoms with Crippen LogP contribution in [0.5, 0.6) is 0 Å². The van der Waals surface area contributed by atoms with Crippen molar-refractivity contribution in [2.45, 2.75) is 52.0 Å². The van der Waals surface area contributed by atoms with E-state index < -0.39 is 12.0 Å². The number of hydrogen-bond donors (Lipinski definition) is 2. The lowest BCUT2D eigenvalue weighted by Crippen LogP contribution is -2.40. The van der Waals surface area contributed by atoms with Crippen molar-refractivity contribution in [2.24, 2.45) is 0 Å². The molecule has 0 radical (unpaired) electrons. The first-order valence-corrected chi connectivity index (χ1v) is 6.96. The van der Waals surface area contributed by atoms with Crippen LogP contribution in [0.15, 0.2) is 4.52 Å². The number of carbonyl (C=O) groups is 2. The molecular formula is C13H19ClN2O4. The van der Waals surface area contributed by atoms with E-state index in [1.807, 2.05) is 6.92 Å². The number of carboxylic acid groups (broad SMARTS) is 1. The Kier molecular flexibility index (Phi) is 6.51. The molecule has 7 heteroatoms. The molecule has 0 fully saturated rings. The zero-order valence-corrected chi connectivity index (χ0v) is 12.4. The van der Waals surface area contributed by atoms with Gasteiger partial charge in [-0.2, -0.15) is 0 Å². The lowest BCUT2D eigenvalue weighted by atomic mass is 10.1. The Labute approximate surface area is 122 Å². The lowest BCUT2D eigenvalue weighted by Gasteiger charge is -2.13. The number of aliphatic carboxylic acids is 1. The second-order valence-electron chi connectivity index (χ2n) is 4.62. The van der Waals surface area contributed by atoms with E-state index in [0.717, 1.165) is 12.8 Å². The molecule has 0 saturated carbocycles. The first kappa shape index (κ1) is 16.5. The van der Waals surface area contributed by atoms with Crippen LogP contribution >= 0.6 is 11.6 Å². The van der Waals surface area contributed by atoms with Crippen molar-refractivity contribution < 1.29 is 19.2 Å². The Morgan fingerprint density at radius 2 is 2.20 bits per heavy atom. The van der Waals surface area contributed by atoms with Gasteiger partial charge < -0.3 is 14.9 Å². The van der Waals surface area contributed by atoms with Crippen LogP contribution in [-0.4, -0.2) is 28.2 Å². The van der Waals surface area contributed by atoms with Gasteiger partial charge in [0.2, 0.25) is 11.1 Å². The van der Waals surface area contributed by atoms with Crippen LogP contribution in [0.1, 0.15) is 43.9 Å². The van der Waals surface area contributed by atoms with E-state index in [2.05, 4.69) is 10.5 Å². The zero-order valence-electron chi connectivity index (χ0n) is 11.6. The van der Waals surface area contributed by atoms with Crippen molar-refractivity contribution in [3.8, 4) is 0 Å². The van der Waals surface area contributed by atoms with Gasteiger partial charge in [0, 0.05) is 12.0 Å². The van der Waals surface area contributed by atoms with Crippen LogP contribution in [0.3, 0.4) is 0 Å². The quantitative estimate of drug-likeness (QED) is 0.769. The number of aromatic nitrogens is 1. The number of carbonyl (C=O) groups excluding carboxylic acids is 1. The first-order chi connectivity index (χ1) is 9.45. The minimum absolute atomic E-state index is 0.150. The molecule has 6 nitrogen and oxygen atoms in total. The van der Waals surface area contributed by atoms with Crippen molar-refractivity contribution in [1.82, 2.24) is 10.5 Å². The average molecular weight is 303 g/mol. The second-order valence-corrected chi connectivity index (χ2v) is 4.96. The standard InChI is InChI=1S/C13H19ClN2O4/c1-3-4-5-10(13(18)19)15-11(17)7-6-9-8(2)16-20-12(9)14/h10H,3-7H2,1-2H3,(H,15,17)(H,18,19)/t10-/m0/s1. The SMILES string of the molecule is CCCC[C@H](NC(=O)CCc1c(C)noc1Cl)C(=O)O. The number of amides is 1. The number of halogens is 1. The van der Waals surface area contributed by atoms with E-state index >= 15 is 0 Å². The highest BCUT2D eigenvalue weighted by molar-refractivity contribution is 6.29. The minimum Gasteiger partial charge on any atom is -0.480 e. The van der Waals surface area contributed by atoms with Gasteiger partial charge in [-0.15, -0.1) is 0 Å². The van der Waals surface area contributed by atoms with Gasteiger partial charge in [-0.25, -0.2) is 4.79 Å². The van der Waals surface area contributed by atoms with Crippen LogP contribution in [-0.2, 0) is 16.0 Å². The third-order valence-corrected chi connectivity index (χ3v) is 3.32. The molecule has 0 aliphatic heterocycles. The molecule has 1 atom stereocenters. The Morgan fingerprint density at radius 3 is 2.70 bits per heavy atom. The molecule has 0 saturated heterocycles. The number of carboxylic acids is 1. The third kappa shape index (κ3) is 4.85. The Morgan fingerprint density at radius 1 is 1.50 bits per heavy atom. The van der Waals surface area contributed by atoms with Gasteiger partial charge in [0.1, 0.15) is 6.04 Å². The molecule has 112 valence electrons. The highest BCUT2D eigenvalue weighted by Crippen LogP contribution is 2.20. The smallest absolute Gasteiger partial charge is 0.326 e. The summed E-state index contributed by atoms with van der Waals surface area (Å²) >= 11 is 5.80. The topological polar surface area (TPSA) is 92.4 Å². The highest BCUT2D eigenvalue weighted by atomic mass is 35.5. The third-order valence-electron chi connectivity index (χ3n) is 3.02. The van der Waals surface area contributed by atoms with Gasteiger partial charge in [0.05, 0.1) is 5.69 Å². The summed E-state index contributed by atoms with van der Waals surface area (Å²) in [5.41, 5.74) is 1.32. The molecule has 0 aliphatic carbocycles. The Balaban J connectivity index is 2.48. The van der Waals surface area contributed by atoms with E-state index in [0.29, 0.717) is 24.1 Å². The number of rotatable bonds is 8. The molecule has 1 aromatic heterocycles. The summed E-state index contributed by atoms with van der Waals surface area (Å²) in [4.78, 5) is 22.8. The van der Waals surface area contributed by atoms with Crippen molar-refractivity contribution in [2.75, 3.05) is 0 Å². The molecule has 0 aliphatic rings. The number of hydrogen-bond acceptors (Lipinski definition) is 4. The molecule has 0 unspecified atom stereocenters. The summed E-state index contributed by atoms with van der Waals surface area (Å²) in [6.07, 6.45) is 2.60. The largest absolute Gasteiger partial charge is 0.480 e. The molecular weight excluding hydrogens is 284 g/mol. The molecule has 0 bridgehead atoms. The van der Waals surface area contributed by atoms with Crippen LogP contribution in [0.4, 0.5) is 0 Å². The summed E-state index contributed by atoms with van der Waals surface area (Å²) in [5.74, 6) is -1.32. The maximum absolute atomic E-state index is 11.8. The molecule has 1 heterocycles. The second kappa shape index (κ2) is 7.89. The summed E-state index contributed by atoms with van der Waals surface area (Å²) in [5, 5.41) is 15.4. The molecule has 0 aromatic carbocycles. The monoisotopic (exact) mass is 302 g/mol. The molecule has 2 N–H and O–H groups in total. The van der Waals surface area contributed by atoms with Crippen LogP contribution in [0.25, 0.3) is 0 Å². The Hall–Kier alpha value is -1.56. The first-order valence-electron chi connectivity index (χ1n) is 6.58. The van der Waals surface area contributed by atoms with E-state index in [9.17, 15) is 9.59 Å². The van der Waals surface area contributed by atoms with Crippen molar-refractivity contribution in [3.05, 3.63) is 16.5 Å². The Bertz CT molecular complexity index is 453. The predicted molar refractivity (Wildman–Crippen MR) is 73.7 cm³/mol. The van der Waals surface area contributed by atoms with Crippen molar-refractivity contribution in [3.63, 3.8) is 0 Å². The minimum atomic E-state index is -1.01. The van der Waals surface area contributed by atoms with Crippen LogP contribution in [0, 0.1) is 6.92 Å². The van der Waals surface area contributed by atoms with Crippen molar-refractivity contribution in [1.29, 1.82) is 0 Å². The summed E-state index contributed by atoms with van der Waals surface area (Å²) in [6.45, 7) is 3.71. The summed E-state index contributed by atoms with van der Waals surface area (Å²) < 4.78 is 4.79. The van der Waals surface area contributed by atoms with Gasteiger partial charge in [-0.05, 0) is 31.4 Å². The van der Waals surface area contributed by atoms with Gasteiger partial charge in [-0.1, -0.05) is 24.9 Å². The predicted octanol–water partition coefficient (Wildman–Crippen LogP) is 2.33. The number of nitrogens with one attached hydrogen (secondary N) is 1. The fourth-order valence-corrected chi connectivity index (χ4v) is 2.08. The average Bonchev–Trinajstić information content (AvgIpc) is 2.71. The van der Waals surface area contributed by atoms with Crippen molar-refractivity contribution >= 4 is 23.5 Å². The van der Waals surface area contributed by atoms with Crippen LogP contribution in [0.2, 0.25) is 5.22 Å². The molecule has 0 spiro atoms. The highest BCUT2D eigenvalue weighted by Gasteiger charge is 2.20. The van der Waals surface area contributed by atoms with Crippen LogP contribution < -0.4 is 5.32 Å². The number of unbranched alkanes of at least 4 members (excludes halogenated alkanes) is 1. The van der Waals surface area contributed by atoms with Gasteiger partial charge in [0.15, 0.2) is 0 Å². The normalized spacial score (nSPS) is 12.2. The van der Waals surface area contributed by atoms with E-state index in [1.54, 1.807) is 6.92 Å². The van der Waals surface area contributed by atoms with E-state index in [1.165, 1.54) is 0 Å². The summed E-state index contributed by atoms with van der Waals surface area (Å²) in [6, 6.07) is -0.832. The fraction of sp³-hybridized carbons (Fsp3) is 0.615. The number of aryl methyl sites for hydroxylation is 1. The molecule has 1 amide bonds. The van der Waals surface area contributed by atoms with E-state index in [4.69, 9.17) is 21.2 Å². The number of nitrogens with zero attached hydrogens (tertiary/aromatic N) is 1. The molecule has 1 rings (SSSR count). The van der Waals surface area contributed by atoms with Gasteiger partial charge in [0.25, 0.3) is 0 Å².